The largest absolute Gasteiger partial charge is 1.00 e. The van der Waals surface area contributed by atoms with Crippen LogP contribution in [0, 0.1) is 6.42 Å². The smallest absolute Gasteiger partial charge is 0.498 e. The molecule has 11 heavy (non-hydrogen) atoms. The van der Waals surface area contributed by atoms with Gasteiger partial charge in [-0.05, 0) is 0 Å². The van der Waals surface area contributed by atoms with Gasteiger partial charge in [0.1, 0.15) is 6.61 Å². The summed E-state index contributed by atoms with van der Waals surface area (Å²) in [4.78, 5) is 0. The summed E-state index contributed by atoms with van der Waals surface area (Å²) in [5, 5.41) is 0. The zero-order valence-electron chi connectivity index (χ0n) is 7.97. The Labute approximate surface area is 82.7 Å². The van der Waals surface area contributed by atoms with E-state index in [-0.39, 0.29) is 18.9 Å². The molecule has 0 rings (SSSR count). The Morgan fingerprint density at radius 3 is 2.00 bits per heavy atom. The van der Waals surface area contributed by atoms with E-state index in [0.717, 1.165) is 0 Å². The first-order valence-corrected chi connectivity index (χ1v) is 3.44. The van der Waals surface area contributed by atoms with Crippen LogP contribution in [0.15, 0.2) is 25.5 Å². The maximum atomic E-state index is 4.63. The van der Waals surface area contributed by atoms with Crippen molar-refractivity contribution in [1.82, 2.24) is 0 Å². The van der Waals surface area contributed by atoms with Crippen molar-refractivity contribution in [3.05, 3.63) is 31.9 Å². The van der Waals surface area contributed by atoms with E-state index in [4.69, 9.17) is 0 Å². The zero-order valence-corrected chi connectivity index (χ0v) is 7.97. The van der Waals surface area contributed by atoms with Crippen LogP contribution in [0.5, 0.6) is 0 Å². The van der Waals surface area contributed by atoms with Crippen molar-refractivity contribution in [1.29, 1.82) is 0 Å². The van der Waals surface area contributed by atoms with Gasteiger partial charge in [0.15, 0.2) is 0 Å². The first-order valence-electron chi connectivity index (χ1n) is 3.44. The van der Waals surface area contributed by atoms with E-state index in [0.29, 0.717) is 6.61 Å². The fraction of sp³-hybridized carbons (Fsp3) is 0.444. The van der Waals surface area contributed by atoms with Gasteiger partial charge in [0, 0.05) is 0 Å². The van der Waals surface area contributed by atoms with Gasteiger partial charge in [-0.15, -0.1) is 0 Å². The van der Waals surface area contributed by atoms with Gasteiger partial charge in [0.2, 0.25) is 0 Å². The molecule has 60 valence electrons. The van der Waals surface area contributed by atoms with Crippen LogP contribution < -0.4 is 18.9 Å². The van der Waals surface area contributed by atoms with E-state index in [1.807, 2.05) is 0 Å². The molecule has 0 aromatic rings. The van der Waals surface area contributed by atoms with E-state index in [2.05, 4.69) is 38.2 Å². The molecule has 0 saturated carbocycles. The Morgan fingerprint density at radius 2 is 1.91 bits per heavy atom. The summed E-state index contributed by atoms with van der Waals surface area (Å²) in [6.45, 7) is 11.5. The van der Waals surface area contributed by atoms with Gasteiger partial charge in [-0.3, -0.25) is 0 Å². The standard InChI is InChI=1S/C5H8O.C4H9.Li/c1-3-5-6-4-2;1-3-4-2;/h3-4H,1-2,5H2;3H,4H2,1-2H3;/q;-1;+1. The molecule has 0 atom stereocenters. The molecule has 1 nitrogen and oxygen atoms in total. The maximum absolute atomic E-state index is 4.63. The minimum absolute atomic E-state index is 0. The molecule has 0 aromatic carbocycles. The SMILES string of the molecule is C=CCOC=C.C[CH-]CC.[Li+]. The molecule has 0 heterocycles. The van der Waals surface area contributed by atoms with Crippen LogP contribution in [0.2, 0.25) is 0 Å². The molecule has 0 unspecified atom stereocenters. The van der Waals surface area contributed by atoms with Crippen LogP contribution in [0.1, 0.15) is 20.3 Å². The Balaban J connectivity index is -0.000000114. The molecule has 0 spiro atoms. The molecule has 0 fully saturated rings. The molecular weight excluding hydrogens is 131 g/mol. The number of hydrogen-bond donors (Lipinski definition) is 0. The Bertz CT molecular complexity index is 62.0. The molecule has 0 amide bonds. The van der Waals surface area contributed by atoms with Gasteiger partial charge in [0.25, 0.3) is 0 Å². The zero-order chi connectivity index (χ0) is 8.24. The normalized spacial score (nSPS) is 6.36. The molecule has 0 saturated heterocycles. The molecule has 0 bridgehead atoms. The number of rotatable bonds is 4. The predicted octanol–water partition coefficient (Wildman–Crippen LogP) is -0.0429. The fourth-order valence-corrected chi connectivity index (χ4v) is 0.136. The second-order valence-electron chi connectivity index (χ2n) is 1.61. The molecule has 0 aromatic heterocycles. The third kappa shape index (κ3) is 40.8. The molecular formula is C9H17LiO. The van der Waals surface area contributed by atoms with Crippen molar-refractivity contribution < 1.29 is 23.6 Å². The fourth-order valence-electron chi connectivity index (χ4n) is 0.136. The second kappa shape index (κ2) is 22.5. The van der Waals surface area contributed by atoms with E-state index in [1.165, 1.54) is 12.7 Å². The van der Waals surface area contributed by atoms with Crippen molar-refractivity contribution in [2.75, 3.05) is 6.61 Å². The Hall–Kier alpha value is -0.123. The molecule has 0 aliphatic rings. The third-order valence-electron chi connectivity index (χ3n) is 0.740. The third-order valence-corrected chi connectivity index (χ3v) is 0.740. The van der Waals surface area contributed by atoms with E-state index in [1.54, 1.807) is 6.08 Å². The maximum Gasteiger partial charge on any atom is 1.00 e. The van der Waals surface area contributed by atoms with Gasteiger partial charge < -0.3 is 11.2 Å². The molecule has 0 radical (unpaired) electrons. The molecule has 0 aliphatic heterocycles. The summed E-state index contributed by atoms with van der Waals surface area (Å²) >= 11 is 0. The van der Waals surface area contributed by atoms with Gasteiger partial charge >= 0.3 is 18.9 Å². The van der Waals surface area contributed by atoms with Gasteiger partial charge in [-0.2, -0.15) is 13.3 Å². The molecule has 2 heteroatoms. The summed E-state index contributed by atoms with van der Waals surface area (Å²) < 4.78 is 4.63. The van der Waals surface area contributed by atoms with Crippen molar-refractivity contribution >= 4 is 0 Å². The van der Waals surface area contributed by atoms with E-state index >= 15 is 0 Å². The topological polar surface area (TPSA) is 9.23 Å². The minimum atomic E-state index is 0. The number of ether oxygens (including phenoxy) is 1. The quantitative estimate of drug-likeness (QED) is 0.179. The summed E-state index contributed by atoms with van der Waals surface area (Å²) in [5.74, 6) is 0. The second-order valence-corrected chi connectivity index (χ2v) is 1.61. The first kappa shape index (κ1) is 17.1. The monoisotopic (exact) mass is 148 g/mol. The van der Waals surface area contributed by atoms with E-state index in [9.17, 15) is 0 Å². The summed E-state index contributed by atoms with van der Waals surface area (Å²) in [5.41, 5.74) is 0. The summed E-state index contributed by atoms with van der Waals surface area (Å²) in [6, 6.07) is 0. The van der Waals surface area contributed by atoms with Crippen molar-refractivity contribution in [2.45, 2.75) is 20.3 Å². The van der Waals surface area contributed by atoms with Crippen molar-refractivity contribution in [3.63, 3.8) is 0 Å². The van der Waals surface area contributed by atoms with Crippen molar-refractivity contribution in [3.8, 4) is 0 Å². The number of hydrogen-bond acceptors (Lipinski definition) is 1. The Morgan fingerprint density at radius 1 is 1.45 bits per heavy atom. The predicted molar refractivity (Wildman–Crippen MR) is 46.6 cm³/mol. The van der Waals surface area contributed by atoms with Crippen LogP contribution in [0.25, 0.3) is 0 Å². The average molecular weight is 148 g/mol. The van der Waals surface area contributed by atoms with Crippen molar-refractivity contribution in [2.24, 2.45) is 0 Å². The minimum Gasteiger partial charge on any atom is -0.498 e. The van der Waals surface area contributed by atoms with Crippen LogP contribution in [-0.2, 0) is 4.74 Å². The van der Waals surface area contributed by atoms with Gasteiger partial charge in [-0.25, -0.2) is 0 Å². The average Bonchev–Trinajstić information content (AvgIpc) is 2.01. The Kier molecular flexibility index (Phi) is 35.0. The first-order chi connectivity index (χ1) is 4.83. The molecule has 0 aliphatic carbocycles. The van der Waals surface area contributed by atoms with E-state index < -0.39 is 0 Å². The number of unbranched alkanes of at least 4 members (excludes halogenated alkanes) is 1. The van der Waals surface area contributed by atoms with Crippen LogP contribution >= 0.6 is 0 Å². The molecule has 0 N–H and O–H groups in total. The van der Waals surface area contributed by atoms with Crippen LogP contribution in [0.3, 0.4) is 0 Å². The van der Waals surface area contributed by atoms with Crippen LogP contribution in [-0.4, -0.2) is 6.61 Å². The van der Waals surface area contributed by atoms with Gasteiger partial charge in [-0.1, -0.05) is 26.2 Å². The van der Waals surface area contributed by atoms with Crippen LogP contribution in [0.4, 0.5) is 0 Å². The summed E-state index contributed by atoms with van der Waals surface area (Å²) in [6.07, 6.45) is 6.38. The summed E-state index contributed by atoms with van der Waals surface area (Å²) in [7, 11) is 0. The van der Waals surface area contributed by atoms with Gasteiger partial charge in [0.05, 0.1) is 6.26 Å².